The molecule has 1 N–H and O–H groups in total. The minimum Gasteiger partial charge on any atom is -0.480 e. The number of ether oxygens (including phenoxy) is 1. The molecule has 17 heavy (non-hydrogen) atoms. The molecule has 0 saturated heterocycles. The molecule has 0 bridgehead atoms. The fraction of sp³-hybridized carbons (Fsp3) is 0.583. The number of hydrogen-bond acceptors (Lipinski definition) is 4. The Kier molecular flexibility index (Phi) is 5.18. The van der Waals surface area contributed by atoms with Crippen molar-refractivity contribution in [1.82, 2.24) is 4.90 Å². The Morgan fingerprint density at radius 1 is 1.59 bits per heavy atom. The standard InChI is InChI=1S/C12H19NO4/c1-9-4-5-11(17-9)10(2)13(6-7-16-3)8-12(14)15/h4-5,10H,6-8H2,1-3H3,(H,14,15). The van der Waals surface area contributed by atoms with Gasteiger partial charge in [0.15, 0.2) is 0 Å². The van der Waals surface area contributed by atoms with E-state index in [0.717, 1.165) is 11.5 Å². The Morgan fingerprint density at radius 2 is 2.29 bits per heavy atom. The SMILES string of the molecule is COCCN(CC(=O)O)C(C)c1ccc(C)o1. The van der Waals surface area contributed by atoms with Crippen molar-refractivity contribution in [2.45, 2.75) is 19.9 Å². The van der Waals surface area contributed by atoms with Crippen LogP contribution >= 0.6 is 0 Å². The average molecular weight is 241 g/mol. The molecule has 1 aromatic heterocycles. The van der Waals surface area contributed by atoms with E-state index >= 15 is 0 Å². The minimum absolute atomic E-state index is 0.0235. The number of furan rings is 1. The van der Waals surface area contributed by atoms with Crippen molar-refractivity contribution in [2.24, 2.45) is 0 Å². The molecular formula is C12H19NO4. The summed E-state index contributed by atoms with van der Waals surface area (Å²) in [4.78, 5) is 12.6. The van der Waals surface area contributed by atoms with Gasteiger partial charge in [-0.1, -0.05) is 0 Å². The summed E-state index contributed by atoms with van der Waals surface area (Å²) in [6.45, 7) is 4.83. The number of carbonyl (C=O) groups is 1. The number of rotatable bonds is 7. The van der Waals surface area contributed by atoms with Crippen LogP contribution in [0.2, 0.25) is 0 Å². The predicted octanol–water partition coefficient (Wildman–Crippen LogP) is 1.68. The molecule has 0 saturated carbocycles. The normalized spacial score (nSPS) is 12.9. The van der Waals surface area contributed by atoms with Gasteiger partial charge in [-0.25, -0.2) is 0 Å². The highest BCUT2D eigenvalue weighted by atomic mass is 16.5. The highest BCUT2D eigenvalue weighted by Gasteiger charge is 2.20. The Hall–Kier alpha value is -1.33. The number of carboxylic acid groups (broad SMARTS) is 1. The summed E-state index contributed by atoms with van der Waals surface area (Å²) in [5.41, 5.74) is 0. The lowest BCUT2D eigenvalue weighted by Crippen LogP contribution is -2.34. The predicted molar refractivity (Wildman–Crippen MR) is 62.9 cm³/mol. The van der Waals surface area contributed by atoms with Crippen LogP contribution in [0.1, 0.15) is 24.5 Å². The van der Waals surface area contributed by atoms with Crippen LogP contribution < -0.4 is 0 Å². The van der Waals surface area contributed by atoms with Crippen molar-refractivity contribution in [3.63, 3.8) is 0 Å². The molecule has 96 valence electrons. The molecule has 0 aliphatic carbocycles. The number of hydrogen-bond donors (Lipinski definition) is 1. The van der Waals surface area contributed by atoms with Crippen molar-refractivity contribution in [2.75, 3.05) is 26.8 Å². The van der Waals surface area contributed by atoms with Gasteiger partial charge in [-0.05, 0) is 26.0 Å². The van der Waals surface area contributed by atoms with Crippen LogP contribution in [0.5, 0.6) is 0 Å². The first-order valence-electron chi connectivity index (χ1n) is 5.55. The van der Waals surface area contributed by atoms with Gasteiger partial charge in [-0.15, -0.1) is 0 Å². The highest BCUT2D eigenvalue weighted by Crippen LogP contribution is 2.21. The summed E-state index contributed by atoms with van der Waals surface area (Å²) in [7, 11) is 1.60. The highest BCUT2D eigenvalue weighted by molar-refractivity contribution is 5.69. The lowest BCUT2D eigenvalue weighted by atomic mass is 10.2. The van der Waals surface area contributed by atoms with E-state index in [1.807, 2.05) is 30.9 Å². The van der Waals surface area contributed by atoms with Crippen molar-refractivity contribution in [1.29, 1.82) is 0 Å². The molecule has 1 heterocycles. The third-order valence-corrected chi connectivity index (χ3v) is 2.64. The zero-order valence-electron chi connectivity index (χ0n) is 10.5. The maximum atomic E-state index is 10.8. The summed E-state index contributed by atoms with van der Waals surface area (Å²) < 4.78 is 10.5. The van der Waals surface area contributed by atoms with E-state index in [2.05, 4.69) is 0 Å². The van der Waals surface area contributed by atoms with Crippen molar-refractivity contribution in [3.05, 3.63) is 23.7 Å². The van der Waals surface area contributed by atoms with Crippen LogP contribution in [-0.4, -0.2) is 42.8 Å². The molecule has 1 unspecified atom stereocenters. The third-order valence-electron chi connectivity index (χ3n) is 2.64. The van der Waals surface area contributed by atoms with Gasteiger partial charge in [0.25, 0.3) is 0 Å². The second-order valence-corrected chi connectivity index (χ2v) is 3.98. The summed E-state index contributed by atoms with van der Waals surface area (Å²) in [5, 5.41) is 8.87. The minimum atomic E-state index is -0.851. The van der Waals surface area contributed by atoms with Crippen LogP contribution in [0.4, 0.5) is 0 Å². The molecule has 0 aromatic carbocycles. The van der Waals surface area contributed by atoms with Crippen LogP contribution in [0.3, 0.4) is 0 Å². The summed E-state index contributed by atoms with van der Waals surface area (Å²) in [6, 6.07) is 3.68. The summed E-state index contributed by atoms with van der Waals surface area (Å²) >= 11 is 0. The molecule has 1 aromatic rings. The molecule has 0 aliphatic heterocycles. The average Bonchev–Trinajstić information content (AvgIpc) is 2.69. The quantitative estimate of drug-likeness (QED) is 0.787. The summed E-state index contributed by atoms with van der Waals surface area (Å²) in [6.07, 6.45) is 0. The van der Waals surface area contributed by atoms with E-state index < -0.39 is 5.97 Å². The van der Waals surface area contributed by atoms with E-state index in [9.17, 15) is 4.79 Å². The van der Waals surface area contributed by atoms with Crippen LogP contribution in [-0.2, 0) is 9.53 Å². The maximum absolute atomic E-state index is 10.8. The second-order valence-electron chi connectivity index (χ2n) is 3.98. The first kappa shape index (κ1) is 13.7. The van der Waals surface area contributed by atoms with Crippen molar-refractivity contribution < 1.29 is 19.1 Å². The number of aliphatic carboxylic acids is 1. The zero-order chi connectivity index (χ0) is 12.8. The summed E-state index contributed by atoms with van der Waals surface area (Å²) in [5.74, 6) is 0.755. The smallest absolute Gasteiger partial charge is 0.317 e. The fourth-order valence-electron chi connectivity index (χ4n) is 1.65. The number of nitrogens with zero attached hydrogens (tertiary/aromatic N) is 1. The van der Waals surface area contributed by atoms with E-state index in [4.69, 9.17) is 14.3 Å². The number of carboxylic acids is 1. The molecular weight excluding hydrogens is 222 g/mol. The van der Waals surface area contributed by atoms with E-state index in [1.165, 1.54) is 0 Å². The Balaban J connectivity index is 2.70. The van der Waals surface area contributed by atoms with Gasteiger partial charge in [0, 0.05) is 13.7 Å². The van der Waals surface area contributed by atoms with Gasteiger partial charge in [0.05, 0.1) is 19.2 Å². The zero-order valence-corrected chi connectivity index (χ0v) is 10.5. The molecule has 5 nitrogen and oxygen atoms in total. The second kappa shape index (κ2) is 6.42. The van der Waals surface area contributed by atoms with Crippen molar-refractivity contribution in [3.8, 4) is 0 Å². The number of aryl methyl sites for hydroxylation is 1. The lowest BCUT2D eigenvalue weighted by molar-refractivity contribution is -0.139. The van der Waals surface area contributed by atoms with Gasteiger partial charge >= 0.3 is 5.97 Å². The van der Waals surface area contributed by atoms with Crippen molar-refractivity contribution >= 4 is 5.97 Å². The molecule has 0 radical (unpaired) electrons. The molecule has 0 amide bonds. The molecule has 0 fully saturated rings. The molecule has 1 rings (SSSR count). The largest absolute Gasteiger partial charge is 0.480 e. The van der Waals surface area contributed by atoms with Crippen LogP contribution in [0.25, 0.3) is 0 Å². The van der Waals surface area contributed by atoms with Gasteiger partial charge in [-0.2, -0.15) is 0 Å². The Labute approximate surface area is 101 Å². The number of methoxy groups -OCH3 is 1. The van der Waals surface area contributed by atoms with Gasteiger partial charge in [0.1, 0.15) is 11.5 Å². The maximum Gasteiger partial charge on any atom is 0.317 e. The van der Waals surface area contributed by atoms with Crippen LogP contribution in [0.15, 0.2) is 16.5 Å². The Bertz CT molecular complexity index is 361. The molecule has 0 spiro atoms. The van der Waals surface area contributed by atoms with Crippen LogP contribution in [0, 0.1) is 6.92 Å². The lowest BCUT2D eigenvalue weighted by Gasteiger charge is -2.25. The first-order valence-corrected chi connectivity index (χ1v) is 5.55. The monoisotopic (exact) mass is 241 g/mol. The molecule has 1 atom stereocenters. The molecule has 5 heteroatoms. The fourth-order valence-corrected chi connectivity index (χ4v) is 1.65. The topological polar surface area (TPSA) is 62.9 Å². The van der Waals surface area contributed by atoms with E-state index in [0.29, 0.717) is 13.2 Å². The third kappa shape index (κ3) is 4.20. The van der Waals surface area contributed by atoms with Gasteiger partial charge < -0.3 is 14.3 Å². The molecule has 0 aliphatic rings. The van der Waals surface area contributed by atoms with Gasteiger partial charge in [-0.3, -0.25) is 9.69 Å². The van der Waals surface area contributed by atoms with E-state index in [1.54, 1.807) is 7.11 Å². The Morgan fingerprint density at radius 3 is 2.76 bits per heavy atom. The van der Waals surface area contributed by atoms with E-state index in [-0.39, 0.29) is 12.6 Å². The first-order chi connectivity index (χ1) is 8.04. The van der Waals surface area contributed by atoms with Gasteiger partial charge in [0.2, 0.25) is 0 Å².